The topological polar surface area (TPSA) is 57.3 Å². The van der Waals surface area contributed by atoms with Gasteiger partial charge in [-0.15, -0.1) is 17.9 Å². The molecule has 0 N–H and O–H groups in total. The Morgan fingerprint density at radius 1 is 1.10 bits per heavy atom. The number of methoxy groups -OCH3 is 3. The highest BCUT2D eigenvalue weighted by molar-refractivity contribution is 9.10. The number of hydrogen-bond acceptors (Lipinski definition) is 6. The lowest BCUT2D eigenvalue weighted by Crippen LogP contribution is -2.14. The molecular formula is C23H24BrN3O3S. The Morgan fingerprint density at radius 2 is 1.74 bits per heavy atom. The normalized spacial score (nSPS) is 12.0. The fraction of sp³-hybridized carbons (Fsp3) is 0.217. The molecule has 0 aliphatic carbocycles. The summed E-state index contributed by atoms with van der Waals surface area (Å²) in [5.41, 5.74) is 3.62. The smallest absolute Gasteiger partial charge is 0.206 e. The molecule has 0 saturated heterocycles. The molecule has 2 aromatic carbocycles. The maximum absolute atomic E-state index is 5.49. The zero-order valence-electron chi connectivity index (χ0n) is 17.9. The van der Waals surface area contributed by atoms with Crippen LogP contribution in [-0.4, -0.2) is 38.3 Å². The van der Waals surface area contributed by atoms with E-state index >= 15 is 0 Å². The Balaban J connectivity index is 2.17. The maximum Gasteiger partial charge on any atom is 0.206 e. The second kappa shape index (κ2) is 10.5. The van der Waals surface area contributed by atoms with Gasteiger partial charge in [0.1, 0.15) is 0 Å². The number of hydrogen-bond donors (Lipinski definition) is 0. The molecule has 0 amide bonds. The second-order valence-corrected chi connectivity index (χ2v) is 8.20. The molecule has 0 fully saturated rings. The van der Waals surface area contributed by atoms with Gasteiger partial charge >= 0.3 is 0 Å². The van der Waals surface area contributed by atoms with Gasteiger partial charge in [-0.05, 0) is 31.2 Å². The van der Waals surface area contributed by atoms with E-state index in [1.165, 1.54) is 11.3 Å². The summed E-state index contributed by atoms with van der Waals surface area (Å²) >= 11 is 5.02. The van der Waals surface area contributed by atoms with E-state index in [-0.39, 0.29) is 0 Å². The van der Waals surface area contributed by atoms with E-state index in [0.29, 0.717) is 23.8 Å². The van der Waals surface area contributed by atoms with Crippen molar-refractivity contribution in [3.8, 4) is 28.5 Å². The van der Waals surface area contributed by atoms with Crippen LogP contribution in [0.25, 0.3) is 11.3 Å². The van der Waals surface area contributed by atoms with Crippen molar-refractivity contribution in [3.63, 3.8) is 0 Å². The molecule has 0 spiro atoms. The van der Waals surface area contributed by atoms with Gasteiger partial charge in [-0.25, -0.2) is 4.68 Å². The Kier molecular flexibility index (Phi) is 7.70. The lowest BCUT2D eigenvalue weighted by molar-refractivity contribution is 0.324. The Labute approximate surface area is 194 Å². The number of halogens is 1. The summed E-state index contributed by atoms with van der Waals surface area (Å²) in [4.78, 5) is 5.39. The van der Waals surface area contributed by atoms with Crippen molar-refractivity contribution in [2.75, 3.05) is 27.9 Å². The summed E-state index contributed by atoms with van der Waals surface area (Å²) in [6, 6.07) is 11.9. The lowest BCUT2D eigenvalue weighted by atomic mass is 10.1. The summed E-state index contributed by atoms with van der Waals surface area (Å²) in [5.74, 6) is 1.69. The molecule has 1 aromatic heterocycles. The lowest BCUT2D eigenvalue weighted by Gasteiger charge is -2.14. The zero-order valence-corrected chi connectivity index (χ0v) is 20.3. The summed E-state index contributed by atoms with van der Waals surface area (Å²) in [6.07, 6.45) is 1.76. The van der Waals surface area contributed by atoms with E-state index in [9.17, 15) is 0 Å². The van der Waals surface area contributed by atoms with Crippen LogP contribution in [-0.2, 0) is 0 Å². The molecule has 162 valence electrons. The largest absolute Gasteiger partial charge is 0.493 e. The standard InChI is InChI=1S/C23H24BrN3O3S/c1-6-11-25-23-27(19(14-31-23)16-7-9-18(24)10-8-16)26-15(2)17-12-20(28-3)22(30-5)21(13-17)29-4/h6-10,12-14H,1,11H2,2-5H3. The Morgan fingerprint density at radius 3 is 2.29 bits per heavy atom. The number of rotatable bonds is 8. The van der Waals surface area contributed by atoms with Crippen molar-refractivity contribution in [1.82, 2.24) is 4.68 Å². The molecule has 0 atom stereocenters. The highest BCUT2D eigenvalue weighted by Gasteiger charge is 2.15. The fourth-order valence-electron chi connectivity index (χ4n) is 2.96. The van der Waals surface area contributed by atoms with E-state index in [0.717, 1.165) is 31.8 Å². The van der Waals surface area contributed by atoms with E-state index in [1.54, 1.807) is 27.4 Å². The fourth-order valence-corrected chi connectivity index (χ4v) is 4.07. The Hall–Kier alpha value is -2.84. The maximum atomic E-state index is 5.49. The van der Waals surface area contributed by atoms with Crippen LogP contribution in [0.4, 0.5) is 0 Å². The summed E-state index contributed by atoms with van der Waals surface area (Å²) in [6.45, 7) is 6.22. The average Bonchev–Trinajstić information content (AvgIpc) is 3.19. The number of aromatic nitrogens is 1. The molecule has 0 radical (unpaired) electrons. The third-order valence-corrected chi connectivity index (χ3v) is 5.90. The van der Waals surface area contributed by atoms with Crippen LogP contribution >= 0.6 is 27.3 Å². The monoisotopic (exact) mass is 501 g/mol. The molecule has 6 nitrogen and oxygen atoms in total. The molecule has 0 bridgehead atoms. The minimum absolute atomic E-state index is 0.513. The van der Waals surface area contributed by atoms with Crippen LogP contribution in [0.5, 0.6) is 17.2 Å². The second-order valence-electron chi connectivity index (χ2n) is 6.45. The number of ether oxygens (including phenoxy) is 3. The molecule has 8 heteroatoms. The average molecular weight is 502 g/mol. The van der Waals surface area contributed by atoms with Gasteiger partial charge in [-0.2, -0.15) is 5.10 Å². The third-order valence-electron chi connectivity index (χ3n) is 4.51. The van der Waals surface area contributed by atoms with Gasteiger partial charge in [-0.3, -0.25) is 4.99 Å². The quantitative estimate of drug-likeness (QED) is 0.308. The minimum Gasteiger partial charge on any atom is -0.493 e. The van der Waals surface area contributed by atoms with Gasteiger partial charge in [-0.1, -0.05) is 34.1 Å². The van der Waals surface area contributed by atoms with Gasteiger partial charge < -0.3 is 14.2 Å². The van der Waals surface area contributed by atoms with E-state index in [1.807, 2.05) is 48.0 Å². The van der Waals surface area contributed by atoms with Gasteiger partial charge in [0.05, 0.1) is 39.3 Å². The van der Waals surface area contributed by atoms with Gasteiger partial charge in [0, 0.05) is 21.0 Å². The predicted molar refractivity (Wildman–Crippen MR) is 130 cm³/mol. The summed E-state index contributed by atoms with van der Waals surface area (Å²) in [5, 5.41) is 6.95. The van der Waals surface area contributed by atoms with Crippen LogP contribution in [0.3, 0.4) is 0 Å². The van der Waals surface area contributed by atoms with Gasteiger partial charge in [0.25, 0.3) is 0 Å². The van der Waals surface area contributed by atoms with Crippen LogP contribution in [0.15, 0.2) is 69.0 Å². The van der Waals surface area contributed by atoms with E-state index in [2.05, 4.69) is 32.9 Å². The first-order chi connectivity index (χ1) is 15.0. The first-order valence-electron chi connectivity index (χ1n) is 9.46. The molecule has 0 aliphatic heterocycles. The molecular weight excluding hydrogens is 478 g/mol. The molecule has 3 rings (SSSR count). The van der Waals surface area contributed by atoms with Crippen LogP contribution in [0, 0.1) is 0 Å². The van der Waals surface area contributed by atoms with Crippen molar-refractivity contribution in [1.29, 1.82) is 0 Å². The van der Waals surface area contributed by atoms with Crippen LogP contribution in [0.2, 0.25) is 0 Å². The minimum atomic E-state index is 0.513. The highest BCUT2D eigenvalue weighted by Crippen LogP contribution is 2.38. The van der Waals surface area contributed by atoms with Gasteiger partial charge in [0.2, 0.25) is 10.6 Å². The van der Waals surface area contributed by atoms with Crippen molar-refractivity contribution in [2.45, 2.75) is 6.92 Å². The predicted octanol–water partition coefficient (Wildman–Crippen LogP) is 5.36. The third kappa shape index (κ3) is 5.08. The summed E-state index contributed by atoms with van der Waals surface area (Å²) in [7, 11) is 4.78. The molecule has 0 unspecified atom stereocenters. The van der Waals surface area contributed by atoms with Crippen molar-refractivity contribution >= 4 is 33.0 Å². The molecule has 1 heterocycles. The van der Waals surface area contributed by atoms with Gasteiger partial charge in [0.15, 0.2) is 11.5 Å². The molecule has 0 saturated carbocycles. The van der Waals surface area contributed by atoms with Crippen molar-refractivity contribution in [2.24, 2.45) is 10.1 Å². The van der Waals surface area contributed by atoms with Crippen LogP contribution in [0.1, 0.15) is 12.5 Å². The number of benzene rings is 2. The first-order valence-corrected chi connectivity index (χ1v) is 11.1. The number of nitrogens with zero attached hydrogens (tertiary/aromatic N) is 3. The summed E-state index contributed by atoms with van der Waals surface area (Å²) < 4.78 is 19.3. The van der Waals surface area contributed by atoms with E-state index < -0.39 is 0 Å². The molecule has 3 aromatic rings. The van der Waals surface area contributed by atoms with Crippen molar-refractivity contribution in [3.05, 3.63) is 69.3 Å². The SMILES string of the molecule is C=CCN=c1scc(-c2ccc(Br)cc2)n1N=C(C)c1cc(OC)c(OC)c(OC)c1. The Bertz CT molecular complexity index is 1140. The first kappa shape index (κ1) is 22.8. The molecule has 31 heavy (non-hydrogen) atoms. The number of thiazole rings is 1. The highest BCUT2D eigenvalue weighted by atomic mass is 79.9. The molecule has 0 aliphatic rings. The zero-order chi connectivity index (χ0) is 22.4. The van der Waals surface area contributed by atoms with Crippen LogP contribution < -0.4 is 19.0 Å². The van der Waals surface area contributed by atoms with Crippen molar-refractivity contribution < 1.29 is 14.2 Å². The van der Waals surface area contributed by atoms with E-state index in [4.69, 9.17) is 19.3 Å².